The molecule has 3 unspecified atom stereocenters. The Balaban J connectivity index is 2.48. The molecule has 3 atom stereocenters. The smallest absolute Gasteiger partial charge is 0.0246 e. The van der Waals surface area contributed by atoms with Crippen LogP contribution in [-0.4, -0.2) is 28.3 Å². The first kappa shape index (κ1) is 17.4. The molecule has 0 spiro atoms. The third kappa shape index (κ3) is 6.19. The monoisotopic (exact) mass is 295 g/mol. The Morgan fingerprint density at radius 2 is 1.75 bits per heavy atom. The van der Waals surface area contributed by atoms with Crippen LogP contribution in [0.25, 0.3) is 0 Å². The van der Waals surface area contributed by atoms with Gasteiger partial charge in [-0.1, -0.05) is 44.2 Å². The van der Waals surface area contributed by atoms with E-state index in [9.17, 15) is 4.21 Å². The molecule has 0 radical (unpaired) electrons. The minimum absolute atomic E-state index is 0.168. The Morgan fingerprint density at radius 3 is 2.30 bits per heavy atom. The lowest BCUT2D eigenvalue weighted by Crippen LogP contribution is -2.39. The van der Waals surface area contributed by atoms with Crippen LogP contribution >= 0.6 is 0 Å². The molecule has 0 aliphatic carbocycles. The maximum Gasteiger partial charge on any atom is 0.0246 e. The highest BCUT2D eigenvalue weighted by Gasteiger charge is 2.23. The lowest BCUT2D eigenvalue weighted by molar-refractivity contribution is 0.360. The number of benzene rings is 1. The van der Waals surface area contributed by atoms with Gasteiger partial charge in [0.05, 0.1) is 0 Å². The summed E-state index contributed by atoms with van der Waals surface area (Å²) in [6.07, 6.45) is 3.84. The summed E-state index contributed by atoms with van der Waals surface area (Å²) in [5, 5.41) is 3.63. The summed E-state index contributed by atoms with van der Waals surface area (Å²) in [4.78, 5) is 0. The summed E-state index contributed by atoms with van der Waals surface area (Å²) >= 11 is 0. The molecule has 114 valence electrons. The van der Waals surface area contributed by atoms with E-state index in [-0.39, 0.29) is 5.41 Å². The predicted molar refractivity (Wildman–Crippen MR) is 89.7 cm³/mol. The average Bonchev–Trinajstić information content (AvgIpc) is 2.36. The number of hydrogen-bond donors (Lipinski definition) is 1. The van der Waals surface area contributed by atoms with Crippen molar-refractivity contribution in [2.75, 3.05) is 12.0 Å². The Hall–Kier alpha value is -0.670. The Labute approximate surface area is 126 Å². The molecule has 1 rings (SSSR count). The maximum absolute atomic E-state index is 11.1. The van der Waals surface area contributed by atoms with Crippen LogP contribution in [0.3, 0.4) is 0 Å². The molecule has 1 aromatic carbocycles. The van der Waals surface area contributed by atoms with Crippen molar-refractivity contribution in [1.82, 2.24) is 5.32 Å². The molecule has 1 N–H and O–H groups in total. The van der Waals surface area contributed by atoms with Crippen molar-refractivity contribution in [3.8, 4) is 0 Å². The molecule has 3 heteroatoms. The van der Waals surface area contributed by atoms with Crippen molar-refractivity contribution in [3.05, 3.63) is 35.9 Å². The van der Waals surface area contributed by atoms with Crippen LogP contribution in [0.15, 0.2) is 30.3 Å². The van der Waals surface area contributed by atoms with Gasteiger partial charge in [-0.05, 0) is 37.7 Å². The molecule has 0 saturated heterocycles. The molecule has 1 aromatic rings. The second-order valence-electron chi connectivity index (χ2n) is 6.49. The van der Waals surface area contributed by atoms with Crippen LogP contribution in [-0.2, 0) is 16.2 Å². The summed E-state index contributed by atoms with van der Waals surface area (Å²) in [6.45, 7) is 9.02. The van der Waals surface area contributed by atoms with Crippen molar-refractivity contribution < 1.29 is 4.21 Å². The summed E-state index contributed by atoms with van der Waals surface area (Å²) in [7, 11) is -0.690. The zero-order chi connectivity index (χ0) is 15.2. The summed E-state index contributed by atoms with van der Waals surface area (Å²) in [6, 6.07) is 11.6. The molecule has 0 heterocycles. The number of hydrogen-bond acceptors (Lipinski definition) is 2. The minimum atomic E-state index is -0.690. The van der Waals surface area contributed by atoms with E-state index in [1.54, 1.807) is 6.26 Å². The fourth-order valence-corrected chi connectivity index (χ4v) is 3.43. The molecular formula is C17H29NOS. The van der Waals surface area contributed by atoms with Crippen LogP contribution in [0.4, 0.5) is 0 Å². The van der Waals surface area contributed by atoms with Crippen molar-refractivity contribution in [3.63, 3.8) is 0 Å². The van der Waals surface area contributed by atoms with Crippen LogP contribution in [0, 0.1) is 0 Å². The average molecular weight is 295 g/mol. The zero-order valence-corrected chi connectivity index (χ0v) is 14.3. The summed E-state index contributed by atoms with van der Waals surface area (Å²) in [5.41, 5.74) is 1.55. The van der Waals surface area contributed by atoms with E-state index >= 15 is 0 Å². The van der Waals surface area contributed by atoms with E-state index in [0.717, 1.165) is 18.6 Å². The summed E-state index contributed by atoms with van der Waals surface area (Å²) in [5.74, 6) is 0.781. The second-order valence-corrected chi connectivity index (χ2v) is 8.04. The number of nitrogens with one attached hydrogen (secondary N) is 1. The van der Waals surface area contributed by atoms with Gasteiger partial charge in [-0.3, -0.25) is 4.21 Å². The molecule has 20 heavy (non-hydrogen) atoms. The second kappa shape index (κ2) is 7.94. The molecule has 0 bridgehead atoms. The van der Waals surface area contributed by atoms with E-state index in [1.165, 1.54) is 5.56 Å². The van der Waals surface area contributed by atoms with Gasteiger partial charge in [-0.25, -0.2) is 0 Å². The molecular weight excluding hydrogens is 266 g/mol. The zero-order valence-electron chi connectivity index (χ0n) is 13.5. The summed E-state index contributed by atoms with van der Waals surface area (Å²) < 4.78 is 11.1. The van der Waals surface area contributed by atoms with E-state index in [1.807, 2.05) is 0 Å². The SMILES string of the molecule is CC(CCS(C)=O)NC(C)CC(C)(C)c1ccccc1. The van der Waals surface area contributed by atoms with Crippen molar-refractivity contribution in [2.45, 2.75) is 58.0 Å². The first-order chi connectivity index (χ1) is 9.31. The lowest BCUT2D eigenvalue weighted by Gasteiger charge is -2.30. The normalized spacial score (nSPS) is 16.6. The van der Waals surface area contributed by atoms with E-state index in [2.05, 4.69) is 63.3 Å². The standard InChI is InChI=1S/C17H29NOS/c1-14(11-12-20(5)19)18-15(2)13-17(3,4)16-9-7-6-8-10-16/h6-10,14-15,18H,11-13H2,1-5H3. The van der Waals surface area contributed by atoms with Gasteiger partial charge in [0.1, 0.15) is 0 Å². The fraction of sp³-hybridized carbons (Fsp3) is 0.647. The molecule has 2 nitrogen and oxygen atoms in total. The predicted octanol–water partition coefficient (Wildman–Crippen LogP) is 3.49. The minimum Gasteiger partial charge on any atom is -0.312 e. The molecule has 0 fully saturated rings. The van der Waals surface area contributed by atoms with E-state index < -0.39 is 10.8 Å². The molecule has 0 amide bonds. The van der Waals surface area contributed by atoms with Gasteiger partial charge < -0.3 is 5.32 Å². The van der Waals surface area contributed by atoms with Gasteiger partial charge in [-0.15, -0.1) is 0 Å². The van der Waals surface area contributed by atoms with Gasteiger partial charge in [-0.2, -0.15) is 0 Å². The van der Waals surface area contributed by atoms with Crippen LogP contribution in [0.2, 0.25) is 0 Å². The number of rotatable bonds is 8. The Bertz CT molecular complexity index is 416. The van der Waals surface area contributed by atoms with Crippen molar-refractivity contribution in [2.24, 2.45) is 0 Å². The van der Waals surface area contributed by atoms with E-state index in [0.29, 0.717) is 12.1 Å². The third-order valence-corrected chi connectivity index (χ3v) is 4.59. The topological polar surface area (TPSA) is 29.1 Å². The quantitative estimate of drug-likeness (QED) is 0.795. The van der Waals surface area contributed by atoms with Gasteiger partial charge in [0.15, 0.2) is 0 Å². The first-order valence-electron chi connectivity index (χ1n) is 7.43. The molecule has 0 aliphatic rings. The lowest BCUT2D eigenvalue weighted by atomic mass is 9.79. The van der Waals surface area contributed by atoms with Gasteiger partial charge in [0.2, 0.25) is 0 Å². The van der Waals surface area contributed by atoms with Crippen LogP contribution in [0.5, 0.6) is 0 Å². The third-order valence-electron chi connectivity index (χ3n) is 3.78. The van der Waals surface area contributed by atoms with Crippen molar-refractivity contribution >= 4 is 10.8 Å². The van der Waals surface area contributed by atoms with E-state index in [4.69, 9.17) is 0 Å². The highest BCUT2D eigenvalue weighted by atomic mass is 32.2. The van der Waals surface area contributed by atoms with Gasteiger partial charge >= 0.3 is 0 Å². The highest BCUT2D eigenvalue weighted by molar-refractivity contribution is 7.84. The molecule has 0 aliphatic heterocycles. The first-order valence-corrected chi connectivity index (χ1v) is 9.15. The largest absolute Gasteiger partial charge is 0.312 e. The van der Waals surface area contributed by atoms with Gasteiger partial charge in [0.25, 0.3) is 0 Å². The van der Waals surface area contributed by atoms with Crippen molar-refractivity contribution in [1.29, 1.82) is 0 Å². The van der Waals surface area contributed by atoms with Crippen LogP contribution in [0.1, 0.15) is 46.1 Å². The fourth-order valence-electron chi connectivity index (χ4n) is 2.74. The molecule has 0 aromatic heterocycles. The Kier molecular flexibility index (Phi) is 6.90. The Morgan fingerprint density at radius 1 is 1.15 bits per heavy atom. The maximum atomic E-state index is 11.1. The van der Waals surface area contributed by atoms with Gasteiger partial charge in [0, 0.05) is 34.9 Å². The highest BCUT2D eigenvalue weighted by Crippen LogP contribution is 2.28. The van der Waals surface area contributed by atoms with Crippen LogP contribution < -0.4 is 5.32 Å². The molecule has 0 saturated carbocycles.